The van der Waals surface area contributed by atoms with Gasteiger partial charge in [-0.15, -0.1) is 0 Å². The monoisotopic (exact) mass is 340 g/mol. The van der Waals surface area contributed by atoms with E-state index in [-0.39, 0.29) is 16.8 Å². The van der Waals surface area contributed by atoms with E-state index in [4.69, 9.17) is 4.74 Å². The molecular formula is C17H28N2O3S. The average Bonchev–Trinajstić information content (AvgIpc) is 2.46. The first-order chi connectivity index (χ1) is 10.8. The maximum absolute atomic E-state index is 12.2. The molecule has 0 aliphatic heterocycles. The summed E-state index contributed by atoms with van der Waals surface area (Å²) in [5.74, 6) is 0.474. The molecule has 0 heterocycles. The van der Waals surface area contributed by atoms with Crippen molar-refractivity contribution in [3.63, 3.8) is 0 Å². The summed E-state index contributed by atoms with van der Waals surface area (Å²) in [5.41, 5.74) is 1.64. The second-order valence-corrected chi connectivity index (χ2v) is 8.67. The van der Waals surface area contributed by atoms with Crippen LogP contribution in [0.3, 0.4) is 0 Å². The molecule has 0 bridgehead atoms. The summed E-state index contributed by atoms with van der Waals surface area (Å²) >= 11 is 0. The zero-order chi connectivity index (χ0) is 17.5. The molecule has 0 spiro atoms. The minimum Gasteiger partial charge on any atom is -0.383 e. The van der Waals surface area contributed by atoms with Crippen molar-refractivity contribution >= 4 is 22.5 Å². The van der Waals surface area contributed by atoms with Crippen LogP contribution in [0.5, 0.6) is 0 Å². The van der Waals surface area contributed by atoms with Gasteiger partial charge in [0, 0.05) is 34.1 Å². The third-order valence-corrected chi connectivity index (χ3v) is 5.32. The largest absolute Gasteiger partial charge is 0.383 e. The normalized spacial score (nSPS) is 14.1. The molecule has 1 rings (SSSR count). The lowest BCUT2D eigenvalue weighted by molar-refractivity contribution is 0.165. The molecule has 2 N–H and O–H groups in total. The Morgan fingerprint density at radius 2 is 2.04 bits per heavy atom. The fourth-order valence-corrected chi connectivity index (χ4v) is 2.84. The van der Waals surface area contributed by atoms with Crippen LogP contribution in [0.2, 0.25) is 0 Å². The number of amides is 2. The van der Waals surface area contributed by atoms with Gasteiger partial charge < -0.3 is 15.4 Å². The molecule has 23 heavy (non-hydrogen) atoms. The van der Waals surface area contributed by atoms with Crippen molar-refractivity contribution in [1.82, 2.24) is 5.32 Å². The summed E-state index contributed by atoms with van der Waals surface area (Å²) in [6, 6.07) is 7.18. The first-order valence-corrected chi connectivity index (χ1v) is 9.12. The molecule has 0 radical (unpaired) electrons. The van der Waals surface area contributed by atoms with Crippen LogP contribution in [0, 0.1) is 0 Å². The molecular weight excluding hydrogens is 312 g/mol. The van der Waals surface area contributed by atoms with Crippen molar-refractivity contribution in [2.45, 2.75) is 50.7 Å². The highest BCUT2D eigenvalue weighted by atomic mass is 32.2. The predicted octanol–water partition coefficient (Wildman–Crippen LogP) is 3.28. The van der Waals surface area contributed by atoms with Crippen molar-refractivity contribution in [3.8, 4) is 0 Å². The Kier molecular flexibility index (Phi) is 7.72. The maximum Gasteiger partial charge on any atom is 0.319 e. The van der Waals surface area contributed by atoms with E-state index in [2.05, 4.69) is 10.6 Å². The van der Waals surface area contributed by atoms with E-state index in [0.29, 0.717) is 18.0 Å². The molecule has 130 valence electrons. The molecule has 2 amide bonds. The lowest BCUT2D eigenvalue weighted by Gasteiger charge is -2.18. The van der Waals surface area contributed by atoms with Gasteiger partial charge in [0.2, 0.25) is 0 Å². The summed E-state index contributed by atoms with van der Waals surface area (Å²) in [5, 5.41) is 5.68. The van der Waals surface area contributed by atoms with Gasteiger partial charge in [-0.05, 0) is 44.9 Å². The lowest BCUT2D eigenvalue weighted by Crippen LogP contribution is -2.40. The second kappa shape index (κ2) is 9.03. The van der Waals surface area contributed by atoms with Gasteiger partial charge >= 0.3 is 6.03 Å². The Bertz CT molecular complexity index is 541. The Hall–Kier alpha value is -1.40. The van der Waals surface area contributed by atoms with Crippen molar-refractivity contribution in [2.75, 3.05) is 19.0 Å². The van der Waals surface area contributed by atoms with Crippen molar-refractivity contribution in [1.29, 1.82) is 0 Å². The van der Waals surface area contributed by atoms with Crippen LogP contribution in [0.25, 0.3) is 0 Å². The highest BCUT2D eigenvalue weighted by molar-refractivity contribution is 7.85. The molecule has 6 heteroatoms. The predicted molar refractivity (Wildman–Crippen MR) is 96.2 cm³/mol. The number of benzene rings is 1. The maximum atomic E-state index is 12.2. The van der Waals surface area contributed by atoms with Gasteiger partial charge in [0.05, 0.1) is 12.6 Å². The molecule has 0 aliphatic carbocycles. The van der Waals surface area contributed by atoms with E-state index in [9.17, 15) is 9.00 Å². The van der Waals surface area contributed by atoms with Crippen molar-refractivity contribution in [3.05, 3.63) is 29.8 Å². The highest BCUT2D eigenvalue weighted by Crippen LogP contribution is 2.18. The van der Waals surface area contributed by atoms with E-state index < -0.39 is 10.8 Å². The number of hydrogen-bond donors (Lipinski definition) is 2. The zero-order valence-electron chi connectivity index (χ0n) is 14.6. The molecule has 0 aliphatic rings. The third kappa shape index (κ3) is 7.14. The van der Waals surface area contributed by atoms with Gasteiger partial charge in [0.25, 0.3) is 0 Å². The van der Waals surface area contributed by atoms with Gasteiger partial charge in [-0.3, -0.25) is 4.21 Å². The molecule has 0 fully saturated rings. The van der Waals surface area contributed by atoms with E-state index in [1.807, 2.05) is 52.0 Å². The number of rotatable bonds is 7. The van der Waals surface area contributed by atoms with E-state index >= 15 is 0 Å². The molecule has 2 atom stereocenters. The molecule has 5 nitrogen and oxygen atoms in total. The third-order valence-electron chi connectivity index (χ3n) is 3.36. The molecule has 0 saturated carbocycles. The van der Waals surface area contributed by atoms with Gasteiger partial charge in [0.1, 0.15) is 0 Å². The number of ether oxygens (including phenoxy) is 1. The molecule has 0 saturated heterocycles. The Morgan fingerprint density at radius 3 is 2.61 bits per heavy atom. The molecule has 0 aromatic heterocycles. The Morgan fingerprint density at radius 1 is 1.35 bits per heavy atom. The molecule has 1 aromatic rings. The van der Waals surface area contributed by atoms with Gasteiger partial charge in [-0.1, -0.05) is 19.1 Å². The summed E-state index contributed by atoms with van der Waals surface area (Å²) < 4.78 is 17.0. The molecule has 1 aromatic carbocycles. The Labute approximate surface area is 141 Å². The summed E-state index contributed by atoms with van der Waals surface area (Å²) in [7, 11) is 0.645. The zero-order valence-corrected chi connectivity index (χ0v) is 15.5. The first-order valence-electron chi connectivity index (χ1n) is 7.80. The highest BCUT2D eigenvalue weighted by Gasteiger charge is 2.19. The van der Waals surface area contributed by atoms with E-state index in [1.165, 1.54) is 0 Å². The number of hydrogen-bond acceptors (Lipinski definition) is 3. The number of carbonyl (C=O) groups is 1. The fourth-order valence-electron chi connectivity index (χ4n) is 1.92. The first kappa shape index (κ1) is 19.6. The van der Waals surface area contributed by atoms with Gasteiger partial charge in [0.15, 0.2) is 0 Å². The van der Waals surface area contributed by atoms with Crippen LogP contribution in [-0.4, -0.2) is 34.7 Å². The van der Waals surface area contributed by atoms with Crippen LogP contribution in [-0.2, 0) is 21.3 Å². The fraction of sp³-hybridized carbons (Fsp3) is 0.588. The average molecular weight is 340 g/mol. The van der Waals surface area contributed by atoms with E-state index in [1.54, 1.807) is 7.11 Å². The minimum absolute atomic E-state index is 0.0171. The van der Waals surface area contributed by atoms with Gasteiger partial charge in [-0.2, -0.15) is 0 Å². The van der Waals surface area contributed by atoms with Gasteiger partial charge in [-0.25, -0.2) is 4.79 Å². The number of urea groups is 1. The van der Waals surface area contributed by atoms with Crippen LogP contribution in [0.1, 0.15) is 39.7 Å². The number of carbonyl (C=O) groups excluding carboxylic acids is 1. The SMILES string of the molecule is CC[C@H](COC)NC(=O)Nc1cccc(C[S@@](=O)C(C)(C)C)c1. The van der Waals surface area contributed by atoms with Crippen LogP contribution < -0.4 is 10.6 Å². The summed E-state index contributed by atoms with van der Waals surface area (Å²) in [6.07, 6.45) is 0.797. The second-order valence-electron chi connectivity index (χ2n) is 6.46. The quantitative estimate of drug-likeness (QED) is 0.800. The van der Waals surface area contributed by atoms with E-state index in [0.717, 1.165) is 12.0 Å². The summed E-state index contributed by atoms with van der Waals surface area (Å²) in [6.45, 7) is 8.35. The molecule has 0 unspecified atom stereocenters. The van der Waals surface area contributed by atoms with Crippen LogP contribution >= 0.6 is 0 Å². The smallest absolute Gasteiger partial charge is 0.319 e. The van der Waals surface area contributed by atoms with Crippen LogP contribution in [0.4, 0.5) is 10.5 Å². The van der Waals surface area contributed by atoms with Crippen molar-refractivity contribution in [2.24, 2.45) is 0 Å². The number of anilines is 1. The standard InChI is InChI=1S/C17H28N2O3S/c1-6-14(11-22-5)18-16(20)19-15-9-7-8-13(10-15)12-23(21)17(2,3)4/h7-10,14H,6,11-12H2,1-5H3,(H2,18,19,20)/t14-,23-/m1/s1. The number of methoxy groups -OCH3 is 1. The topological polar surface area (TPSA) is 67.4 Å². The minimum atomic E-state index is -0.967. The lowest BCUT2D eigenvalue weighted by atomic mass is 10.2. The van der Waals surface area contributed by atoms with Crippen LogP contribution in [0.15, 0.2) is 24.3 Å². The number of nitrogens with one attached hydrogen (secondary N) is 2. The summed E-state index contributed by atoms with van der Waals surface area (Å²) in [4.78, 5) is 12.0. The van der Waals surface area contributed by atoms with Crippen molar-refractivity contribution < 1.29 is 13.7 Å². The Balaban J connectivity index is 2.66.